The number of carbonyl (C=O) groups excluding carboxylic acids is 2. The fourth-order valence-electron chi connectivity index (χ4n) is 4.91. The van der Waals surface area contributed by atoms with Gasteiger partial charge in [-0.1, -0.05) is 44.2 Å². The van der Waals surface area contributed by atoms with E-state index in [0.717, 1.165) is 31.2 Å². The Balaban J connectivity index is 1.52. The molecule has 0 radical (unpaired) electrons. The molecule has 1 aliphatic carbocycles. The zero-order valence-corrected chi connectivity index (χ0v) is 21.3. The number of carbonyl (C=O) groups is 2. The number of anilines is 1. The summed E-state index contributed by atoms with van der Waals surface area (Å²) in [5.41, 5.74) is 1.50. The summed E-state index contributed by atoms with van der Waals surface area (Å²) in [5, 5.41) is 5.14. The number of aryl methyl sites for hydroxylation is 2. The van der Waals surface area contributed by atoms with E-state index in [1.807, 2.05) is 13.0 Å². The third kappa shape index (κ3) is 5.50. The summed E-state index contributed by atoms with van der Waals surface area (Å²) in [5.74, 6) is -0.208. The van der Waals surface area contributed by atoms with Crippen LogP contribution in [0.2, 0.25) is 0 Å². The molecule has 1 saturated carbocycles. The van der Waals surface area contributed by atoms with Gasteiger partial charge in [-0.05, 0) is 43.4 Å². The number of amides is 2. The molecule has 10 heteroatoms. The van der Waals surface area contributed by atoms with Crippen molar-refractivity contribution in [1.29, 1.82) is 0 Å². The lowest BCUT2D eigenvalue weighted by Gasteiger charge is -2.39. The van der Waals surface area contributed by atoms with Gasteiger partial charge >= 0.3 is 0 Å². The maximum atomic E-state index is 13.3. The predicted molar refractivity (Wildman–Crippen MR) is 132 cm³/mol. The summed E-state index contributed by atoms with van der Waals surface area (Å²) in [7, 11) is -3.81. The number of benzene rings is 1. The fraction of sp³-hybridized carbons (Fsp3) is 0.542. The molecule has 0 spiro atoms. The average Bonchev–Trinajstić information content (AvgIpc) is 3.33. The third-order valence-corrected chi connectivity index (χ3v) is 9.48. The molecule has 2 heterocycles. The number of aromatic nitrogens is 1. The highest BCUT2D eigenvalue weighted by atomic mass is 32.2. The molecule has 2 aromatic rings. The Morgan fingerprint density at radius 3 is 2.65 bits per heavy atom. The molecule has 2 aliphatic rings. The third-order valence-electron chi connectivity index (χ3n) is 6.81. The molecule has 1 aromatic heterocycles. The van der Waals surface area contributed by atoms with E-state index in [0.29, 0.717) is 23.0 Å². The lowest BCUT2D eigenvalue weighted by Crippen LogP contribution is -2.58. The Morgan fingerprint density at radius 2 is 1.97 bits per heavy atom. The van der Waals surface area contributed by atoms with Gasteiger partial charge in [-0.3, -0.25) is 9.59 Å². The highest BCUT2D eigenvalue weighted by Crippen LogP contribution is 2.30. The number of sulfonamides is 1. The van der Waals surface area contributed by atoms with E-state index >= 15 is 0 Å². The second kappa shape index (κ2) is 10.5. The topological polar surface area (TPSA) is 99.7 Å². The highest BCUT2D eigenvalue weighted by Gasteiger charge is 2.39. The van der Waals surface area contributed by atoms with Gasteiger partial charge in [0.15, 0.2) is 5.13 Å². The predicted octanol–water partition coefficient (Wildman–Crippen LogP) is 3.57. The average molecular weight is 505 g/mol. The number of thiazole rings is 1. The molecule has 34 heavy (non-hydrogen) atoms. The SMILES string of the molecule is Cc1ccc(C)c(S(=O)(=O)N2CCN(C(CC3CCCCC3)C(=O)Nc3nccs3)C(=O)C2)c1. The van der Waals surface area contributed by atoms with Crippen molar-refractivity contribution in [3.05, 3.63) is 40.9 Å². The van der Waals surface area contributed by atoms with Gasteiger partial charge in [-0.15, -0.1) is 11.3 Å². The van der Waals surface area contributed by atoms with Gasteiger partial charge in [-0.25, -0.2) is 13.4 Å². The molecular weight excluding hydrogens is 472 g/mol. The number of rotatable bonds is 7. The van der Waals surface area contributed by atoms with Gasteiger partial charge in [0.25, 0.3) is 0 Å². The van der Waals surface area contributed by atoms with Gasteiger partial charge in [0.05, 0.1) is 11.4 Å². The molecule has 184 valence electrons. The van der Waals surface area contributed by atoms with Gasteiger partial charge in [-0.2, -0.15) is 4.31 Å². The number of nitrogens with zero attached hydrogens (tertiary/aromatic N) is 3. The van der Waals surface area contributed by atoms with Crippen molar-refractivity contribution in [3.63, 3.8) is 0 Å². The Kier molecular flexibility index (Phi) is 7.69. The summed E-state index contributed by atoms with van der Waals surface area (Å²) >= 11 is 1.33. The van der Waals surface area contributed by atoms with Crippen molar-refractivity contribution < 1.29 is 18.0 Å². The molecule has 1 saturated heterocycles. The first-order valence-corrected chi connectivity index (χ1v) is 14.1. The van der Waals surface area contributed by atoms with Crippen molar-refractivity contribution in [1.82, 2.24) is 14.2 Å². The minimum atomic E-state index is -3.81. The minimum Gasteiger partial charge on any atom is -0.328 e. The molecule has 1 unspecified atom stereocenters. The Morgan fingerprint density at radius 1 is 1.21 bits per heavy atom. The second-order valence-electron chi connectivity index (χ2n) is 9.28. The highest BCUT2D eigenvalue weighted by molar-refractivity contribution is 7.89. The maximum absolute atomic E-state index is 13.3. The standard InChI is InChI=1S/C24H32N4O4S2/c1-17-8-9-18(2)21(14-17)34(31,32)27-11-12-28(22(29)16-27)20(15-19-6-4-3-5-7-19)23(30)26-24-25-10-13-33-24/h8-10,13-14,19-20H,3-7,11-12,15-16H2,1-2H3,(H,25,26,30). The summed E-state index contributed by atoms with van der Waals surface area (Å²) in [6.45, 7) is 3.69. The molecular formula is C24H32N4O4S2. The van der Waals surface area contributed by atoms with Crippen LogP contribution in [0.4, 0.5) is 5.13 Å². The lowest BCUT2D eigenvalue weighted by molar-refractivity contribution is -0.142. The molecule has 1 atom stereocenters. The number of piperazine rings is 1. The summed E-state index contributed by atoms with van der Waals surface area (Å²) < 4.78 is 27.9. The van der Waals surface area contributed by atoms with Crippen molar-refractivity contribution in [2.75, 3.05) is 25.0 Å². The number of hydrogen-bond donors (Lipinski definition) is 1. The van der Waals surface area contributed by atoms with Crippen LogP contribution in [0.3, 0.4) is 0 Å². The van der Waals surface area contributed by atoms with Crippen LogP contribution in [-0.2, 0) is 19.6 Å². The maximum Gasteiger partial charge on any atom is 0.248 e. The Bertz CT molecular complexity index is 1130. The van der Waals surface area contributed by atoms with E-state index in [4.69, 9.17) is 0 Å². The second-order valence-corrected chi connectivity index (χ2v) is 12.1. The largest absolute Gasteiger partial charge is 0.328 e. The van der Waals surface area contributed by atoms with Crippen LogP contribution in [-0.4, -0.2) is 60.1 Å². The van der Waals surface area contributed by atoms with Gasteiger partial charge in [0.1, 0.15) is 6.04 Å². The lowest BCUT2D eigenvalue weighted by atomic mass is 9.84. The molecule has 8 nitrogen and oxygen atoms in total. The molecule has 1 aliphatic heterocycles. The van der Waals surface area contributed by atoms with Crippen LogP contribution in [0.1, 0.15) is 49.7 Å². The first kappa shape index (κ1) is 24.8. The Labute approximate surface area is 205 Å². The monoisotopic (exact) mass is 504 g/mol. The van der Waals surface area contributed by atoms with Gasteiger partial charge < -0.3 is 10.2 Å². The summed E-state index contributed by atoms with van der Waals surface area (Å²) in [6.07, 6.45) is 7.81. The quantitative estimate of drug-likeness (QED) is 0.621. The van der Waals surface area contributed by atoms with Crippen LogP contribution < -0.4 is 5.32 Å². The molecule has 2 fully saturated rings. The van der Waals surface area contributed by atoms with Crippen LogP contribution in [0, 0.1) is 19.8 Å². The summed E-state index contributed by atoms with van der Waals surface area (Å²) in [4.78, 5) is 32.4. The minimum absolute atomic E-state index is 0.160. The van der Waals surface area contributed by atoms with Crippen molar-refractivity contribution in [3.8, 4) is 0 Å². The van der Waals surface area contributed by atoms with Crippen molar-refractivity contribution in [2.45, 2.75) is 63.3 Å². The molecule has 2 amide bonds. The summed E-state index contributed by atoms with van der Waals surface area (Å²) in [6, 6.07) is 4.66. The molecule has 1 N–H and O–H groups in total. The van der Waals surface area contributed by atoms with Gasteiger partial charge in [0.2, 0.25) is 21.8 Å². The van der Waals surface area contributed by atoms with E-state index < -0.39 is 16.1 Å². The Hall–Kier alpha value is -2.30. The van der Waals surface area contributed by atoms with Crippen molar-refractivity contribution >= 4 is 38.3 Å². The molecule has 1 aromatic carbocycles. The van der Waals surface area contributed by atoms with Crippen LogP contribution in [0.15, 0.2) is 34.7 Å². The van der Waals surface area contributed by atoms with E-state index in [9.17, 15) is 18.0 Å². The normalized spacial score (nSPS) is 19.2. The van der Waals surface area contributed by atoms with Crippen molar-refractivity contribution in [2.24, 2.45) is 5.92 Å². The first-order chi connectivity index (χ1) is 16.3. The fourth-order valence-corrected chi connectivity index (χ4v) is 7.13. The van der Waals surface area contributed by atoms with Crippen LogP contribution in [0.25, 0.3) is 0 Å². The zero-order valence-electron chi connectivity index (χ0n) is 19.7. The van der Waals surface area contributed by atoms with E-state index in [-0.39, 0.29) is 36.3 Å². The van der Waals surface area contributed by atoms with E-state index in [1.54, 1.807) is 35.5 Å². The molecule has 0 bridgehead atoms. The molecule has 4 rings (SSSR count). The smallest absolute Gasteiger partial charge is 0.248 e. The van der Waals surface area contributed by atoms with Crippen LogP contribution >= 0.6 is 11.3 Å². The number of hydrogen-bond acceptors (Lipinski definition) is 6. The van der Waals surface area contributed by atoms with E-state index in [2.05, 4.69) is 10.3 Å². The van der Waals surface area contributed by atoms with E-state index in [1.165, 1.54) is 22.1 Å². The van der Waals surface area contributed by atoms with Crippen LogP contribution in [0.5, 0.6) is 0 Å². The zero-order chi connectivity index (χ0) is 24.3. The first-order valence-electron chi connectivity index (χ1n) is 11.8. The van der Waals surface area contributed by atoms with Gasteiger partial charge in [0, 0.05) is 24.7 Å². The number of nitrogens with one attached hydrogen (secondary N) is 1.